The van der Waals surface area contributed by atoms with Gasteiger partial charge in [-0.15, -0.1) is 0 Å². The van der Waals surface area contributed by atoms with Crippen LogP contribution in [-0.4, -0.2) is 59.4 Å². The molecule has 3 aromatic rings. The van der Waals surface area contributed by atoms with E-state index in [0.717, 1.165) is 37.5 Å². The van der Waals surface area contributed by atoms with E-state index in [0.29, 0.717) is 44.1 Å². The van der Waals surface area contributed by atoms with Gasteiger partial charge in [-0.2, -0.15) is 0 Å². The molecule has 5 rings (SSSR count). The van der Waals surface area contributed by atoms with E-state index in [2.05, 4.69) is 4.98 Å². The van der Waals surface area contributed by atoms with Crippen molar-refractivity contribution in [1.29, 1.82) is 0 Å². The summed E-state index contributed by atoms with van der Waals surface area (Å²) < 4.78 is 48.5. The van der Waals surface area contributed by atoms with Crippen LogP contribution in [0.4, 0.5) is 13.2 Å². The number of ether oxygens (including phenoxy) is 1. The lowest BCUT2D eigenvalue weighted by Crippen LogP contribution is -2.44. The van der Waals surface area contributed by atoms with Gasteiger partial charge in [0.25, 0.3) is 11.8 Å². The number of carbonyl (C=O) groups is 2. The Balaban J connectivity index is 1.26. The molecule has 2 aromatic carbocycles. The van der Waals surface area contributed by atoms with Gasteiger partial charge in [0.15, 0.2) is 0 Å². The lowest BCUT2D eigenvalue weighted by molar-refractivity contribution is 0.0564. The molecule has 0 radical (unpaired) electrons. The first-order chi connectivity index (χ1) is 18.3. The van der Waals surface area contributed by atoms with Crippen LogP contribution in [0.5, 0.6) is 5.75 Å². The van der Waals surface area contributed by atoms with Crippen LogP contribution in [0.3, 0.4) is 0 Å². The van der Waals surface area contributed by atoms with Crippen molar-refractivity contribution in [2.45, 2.75) is 26.2 Å². The van der Waals surface area contributed by atoms with Gasteiger partial charge in [-0.3, -0.25) is 9.59 Å². The minimum absolute atomic E-state index is 0.0456. The van der Waals surface area contributed by atoms with Crippen LogP contribution in [0.15, 0.2) is 54.6 Å². The van der Waals surface area contributed by atoms with E-state index in [9.17, 15) is 22.8 Å². The topological polar surface area (TPSA) is 62.7 Å². The van der Waals surface area contributed by atoms with Gasteiger partial charge >= 0.3 is 0 Å². The summed E-state index contributed by atoms with van der Waals surface area (Å²) in [6.07, 6.45) is 2.27. The fourth-order valence-electron chi connectivity index (χ4n) is 5.39. The smallest absolute Gasteiger partial charge is 0.272 e. The molecule has 2 saturated heterocycles. The molecule has 1 aromatic heterocycles. The van der Waals surface area contributed by atoms with Crippen LogP contribution in [-0.2, 0) is 0 Å². The van der Waals surface area contributed by atoms with E-state index in [1.54, 1.807) is 23.1 Å². The van der Waals surface area contributed by atoms with E-state index in [-0.39, 0.29) is 17.0 Å². The summed E-state index contributed by atoms with van der Waals surface area (Å²) >= 11 is 0. The van der Waals surface area contributed by atoms with Crippen molar-refractivity contribution in [1.82, 2.24) is 14.8 Å². The monoisotopic (exact) mass is 523 g/mol. The van der Waals surface area contributed by atoms with Crippen molar-refractivity contribution in [2.24, 2.45) is 5.41 Å². The Morgan fingerprint density at radius 2 is 1.53 bits per heavy atom. The Hall–Kier alpha value is -3.88. The van der Waals surface area contributed by atoms with Gasteiger partial charge in [0.05, 0.1) is 12.2 Å². The van der Waals surface area contributed by atoms with Crippen LogP contribution >= 0.6 is 0 Å². The largest absolute Gasteiger partial charge is 0.494 e. The fraction of sp³-hybridized carbons (Fsp3) is 0.345. The van der Waals surface area contributed by atoms with Crippen molar-refractivity contribution in [3.63, 3.8) is 0 Å². The number of piperidine rings is 1. The van der Waals surface area contributed by atoms with Gasteiger partial charge < -0.3 is 14.5 Å². The first-order valence-electron chi connectivity index (χ1n) is 12.7. The highest BCUT2D eigenvalue weighted by Crippen LogP contribution is 2.41. The predicted molar refractivity (Wildman–Crippen MR) is 135 cm³/mol. The average molecular weight is 524 g/mol. The van der Waals surface area contributed by atoms with Gasteiger partial charge in [-0.25, -0.2) is 18.2 Å². The summed E-state index contributed by atoms with van der Waals surface area (Å²) in [7, 11) is 0. The van der Waals surface area contributed by atoms with Gasteiger partial charge in [0.1, 0.15) is 34.6 Å². The molecule has 2 aliphatic heterocycles. The maximum Gasteiger partial charge on any atom is 0.272 e. The molecule has 2 amide bonds. The highest BCUT2D eigenvalue weighted by Gasteiger charge is 2.43. The minimum Gasteiger partial charge on any atom is -0.494 e. The third kappa shape index (κ3) is 4.97. The van der Waals surface area contributed by atoms with Gasteiger partial charge in [0, 0.05) is 31.7 Å². The fourth-order valence-corrected chi connectivity index (χ4v) is 5.39. The number of aromatic nitrogens is 1. The Kier molecular flexibility index (Phi) is 7.10. The normalized spacial score (nSPS) is 16.6. The molecule has 3 heterocycles. The molecule has 9 heteroatoms. The zero-order chi connectivity index (χ0) is 26.9. The Morgan fingerprint density at radius 3 is 2.21 bits per heavy atom. The van der Waals surface area contributed by atoms with Gasteiger partial charge in [-0.1, -0.05) is 12.1 Å². The van der Waals surface area contributed by atoms with Gasteiger partial charge in [-0.05, 0) is 74.1 Å². The number of halogens is 3. The molecule has 0 aliphatic carbocycles. The van der Waals surface area contributed by atoms with Crippen molar-refractivity contribution < 1.29 is 27.5 Å². The molecular formula is C29H28F3N3O3. The van der Waals surface area contributed by atoms with E-state index >= 15 is 0 Å². The van der Waals surface area contributed by atoms with Crippen LogP contribution in [0, 0.1) is 22.9 Å². The number of benzene rings is 2. The third-order valence-electron chi connectivity index (χ3n) is 7.49. The number of pyridine rings is 1. The standard InChI is InChI=1S/C29H28F3N3O3/c1-2-38-20-6-3-5-19(17-20)27(36)34-14-11-29(12-15-34)13-16-35(18-29)28(37)24-10-9-23(32)26(33-24)25-21(30)7-4-8-22(25)31/h3-10,17H,2,11-16,18H2,1H3. The summed E-state index contributed by atoms with van der Waals surface area (Å²) in [6, 6.07) is 12.6. The first kappa shape index (κ1) is 25.8. The second-order valence-electron chi connectivity index (χ2n) is 9.85. The molecule has 0 N–H and O–H groups in total. The molecule has 1 spiro atoms. The van der Waals surface area contributed by atoms with Crippen LogP contribution < -0.4 is 4.74 Å². The molecule has 2 fully saturated rings. The lowest BCUT2D eigenvalue weighted by atomic mass is 9.77. The number of carbonyl (C=O) groups excluding carboxylic acids is 2. The molecule has 0 bridgehead atoms. The number of hydrogen-bond donors (Lipinski definition) is 0. The zero-order valence-electron chi connectivity index (χ0n) is 21.1. The Labute approximate surface area is 219 Å². The summed E-state index contributed by atoms with van der Waals surface area (Å²) in [5.41, 5.74) is -0.732. The molecular weight excluding hydrogens is 495 g/mol. The van der Waals surface area contributed by atoms with Crippen molar-refractivity contribution in [3.05, 3.63) is 83.3 Å². The zero-order valence-corrected chi connectivity index (χ0v) is 21.1. The predicted octanol–water partition coefficient (Wildman–Crippen LogP) is 5.33. The van der Waals surface area contributed by atoms with Crippen molar-refractivity contribution >= 4 is 11.8 Å². The molecule has 0 unspecified atom stereocenters. The van der Waals surface area contributed by atoms with Crippen LogP contribution in [0.1, 0.15) is 47.0 Å². The highest BCUT2D eigenvalue weighted by molar-refractivity contribution is 5.95. The molecule has 0 saturated carbocycles. The molecule has 0 atom stereocenters. The van der Waals surface area contributed by atoms with Crippen molar-refractivity contribution in [3.8, 4) is 17.0 Å². The number of nitrogens with zero attached hydrogens (tertiary/aromatic N) is 3. The molecule has 38 heavy (non-hydrogen) atoms. The number of amides is 2. The highest BCUT2D eigenvalue weighted by atomic mass is 19.1. The van der Waals surface area contributed by atoms with E-state index in [4.69, 9.17) is 4.74 Å². The Morgan fingerprint density at radius 1 is 0.868 bits per heavy atom. The first-order valence-corrected chi connectivity index (χ1v) is 12.7. The number of rotatable bonds is 5. The lowest BCUT2D eigenvalue weighted by Gasteiger charge is -2.39. The molecule has 198 valence electrons. The third-order valence-corrected chi connectivity index (χ3v) is 7.49. The molecule has 6 nitrogen and oxygen atoms in total. The summed E-state index contributed by atoms with van der Waals surface area (Å²) in [5.74, 6) is -2.61. The van der Waals surface area contributed by atoms with Gasteiger partial charge in [0.2, 0.25) is 0 Å². The number of likely N-dealkylation sites (tertiary alicyclic amines) is 2. The summed E-state index contributed by atoms with van der Waals surface area (Å²) in [6.45, 7) is 4.54. The van der Waals surface area contributed by atoms with Crippen molar-refractivity contribution in [2.75, 3.05) is 32.8 Å². The summed E-state index contributed by atoms with van der Waals surface area (Å²) in [5, 5.41) is 0. The maximum atomic E-state index is 14.5. The maximum absolute atomic E-state index is 14.5. The SMILES string of the molecule is CCOc1cccc(C(=O)N2CCC3(CC2)CCN(C(=O)c2ccc(F)c(-c4c(F)cccc4F)n2)C3)c1. The Bertz CT molecular complexity index is 1350. The van der Waals surface area contributed by atoms with E-state index in [1.165, 1.54) is 12.1 Å². The van der Waals surface area contributed by atoms with Crippen LogP contribution in [0.25, 0.3) is 11.3 Å². The van der Waals surface area contributed by atoms with Crippen LogP contribution in [0.2, 0.25) is 0 Å². The van der Waals surface area contributed by atoms with E-state index in [1.807, 2.05) is 17.9 Å². The average Bonchev–Trinajstić information content (AvgIpc) is 3.33. The number of hydrogen-bond acceptors (Lipinski definition) is 4. The quantitative estimate of drug-likeness (QED) is 0.454. The molecule has 2 aliphatic rings. The minimum atomic E-state index is -0.952. The second-order valence-corrected chi connectivity index (χ2v) is 9.85. The van der Waals surface area contributed by atoms with E-state index < -0.39 is 34.6 Å². The summed E-state index contributed by atoms with van der Waals surface area (Å²) in [4.78, 5) is 33.8. The second kappa shape index (κ2) is 10.5.